The van der Waals surface area contributed by atoms with E-state index in [0.717, 1.165) is 5.03 Å². The lowest BCUT2D eigenvalue weighted by Crippen LogP contribution is -1.88. The fourth-order valence-corrected chi connectivity index (χ4v) is 1.67. The molecule has 0 aromatic carbocycles. The highest BCUT2D eigenvalue weighted by molar-refractivity contribution is 7.99. The van der Waals surface area contributed by atoms with Crippen molar-refractivity contribution in [3.8, 4) is 0 Å². The number of pyridine rings is 1. The lowest BCUT2D eigenvalue weighted by molar-refractivity contribution is 1.06. The number of aromatic nitrogens is 1. The van der Waals surface area contributed by atoms with Gasteiger partial charge in [-0.05, 0) is 24.6 Å². The molecule has 2 heteroatoms. The molecule has 0 aliphatic rings. The molecule has 0 bridgehead atoms. The summed E-state index contributed by atoms with van der Waals surface area (Å²) >= 11 is 1.80. The highest BCUT2D eigenvalue weighted by atomic mass is 32.2. The van der Waals surface area contributed by atoms with Gasteiger partial charge >= 0.3 is 0 Å². The Labute approximate surface area is 72.2 Å². The van der Waals surface area contributed by atoms with E-state index in [4.69, 9.17) is 0 Å². The second-order valence-corrected chi connectivity index (χ2v) is 4.43. The van der Waals surface area contributed by atoms with Crippen molar-refractivity contribution in [2.45, 2.75) is 31.0 Å². The van der Waals surface area contributed by atoms with Crippen LogP contribution in [0.5, 0.6) is 0 Å². The van der Waals surface area contributed by atoms with Gasteiger partial charge in [-0.25, -0.2) is 4.98 Å². The maximum atomic E-state index is 4.24. The van der Waals surface area contributed by atoms with E-state index in [1.807, 2.05) is 12.3 Å². The van der Waals surface area contributed by atoms with E-state index in [1.165, 1.54) is 5.56 Å². The topological polar surface area (TPSA) is 12.9 Å². The highest BCUT2D eigenvalue weighted by Crippen LogP contribution is 2.20. The minimum absolute atomic E-state index is 0.615. The van der Waals surface area contributed by atoms with Crippen LogP contribution in [0.2, 0.25) is 0 Å². The fraction of sp³-hybridized carbons (Fsp3) is 0.444. The Morgan fingerprint density at radius 2 is 2.18 bits per heavy atom. The molecule has 1 aromatic rings. The molecule has 1 nitrogen and oxygen atoms in total. The van der Waals surface area contributed by atoms with Crippen LogP contribution in [-0.4, -0.2) is 10.2 Å². The van der Waals surface area contributed by atoms with E-state index in [9.17, 15) is 0 Å². The highest BCUT2D eigenvalue weighted by Gasteiger charge is 1.98. The van der Waals surface area contributed by atoms with E-state index in [1.54, 1.807) is 11.8 Å². The molecule has 0 atom stereocenters. The summed E-state index contributed by atoms with van der Waals surface area (Å²) in [6.07, 6.45) is 1.86. The third kappa shape index (κ3) is 2.93. The van der Waals surface area contributed by atoms with Crippen LogP contribution in [-0.2, 0) is 0 Å². The number of aryl methyl sites for hydroxylation is 1. The molecule has 0 amide bonds. The van der Waals surface area contributed by atoms with Gasteiger partial charge in [-0.1, -0.05) is 13.8 Å². The van der Waals surface area contributed by atoms with Gasteiger partial charge < -0.3 is 0 Å². The number of nitrogens with zero attached hydrogens (tertiary/aromatic N) is 1. The fourth-order valence-electron chi connectivity index (χ4n) is 0.814. The second-order valence-electron chi connectivity index (χ2n) is 2.84. The lowest BCUT2D eigenvalue weighted by Gasteiger charge is -2.03. The minimum Gasteiger partial charge on any atom is -0.250 e. The van der Waals surface area contributed by atoms with Gasteiger partial charge in [-0.15, -0.1) is 11.8 Å². The molecule has 0 saturated heterocycles. The van der Waals surface area contributed by atoms with Crippen LogP contribution < -0.4 is 0 Å². The zero-order valence-corrected chi connectivity index (χ0v) is 7.98. The summed E-state index contributed by atoms with van der Waals surface area (Å²) in [4.78, 5) is 4.24. The minimum atomic E-state index is 0.615. The normalized spacial score (nSPS) is 10.5. The molecular weight excluding hydrogens is 154 g/mol. The Kier molecular flexibility index (Phi) is 2.94. The largest absolute Gasteiger partial charge is 0.250 e. The van der Waals surface area contributed by atoms with E-state index in [2.05, 4.69) is 31.8 Å². The number of rotatable bonds is 2. The third-order valence-corrected chi connectivity index (χ3v) is 2.18. The van der Waals surface area contributed by atoms with Gasteiger partial charge in [-0.3, -0.25) is 0 Å². The molecule has 1 rings (SSSR count). The summed E-state index contributed by atoms with van der Waals surface area (Å²) in [5.41, 5.74) is 1.28. The zero-order valence-electron chi connectivity index (χ0n) is 7.16. The van der Waals surface area contributed by atoms with Gasteiger partial charge in [0.2, 0.25) is 0 Å². The first-order valence-corrected chi connectivity index (χ1v) is 4.66. The van der Waals surface area contributed by atoms with E-state index in [-0.39, 0.29) is 0 Å². The predicted molar refractivity (Wildman–Crippen MR) is 50.0 cm³/mol. The molecule has 1 aromatic heterocycles. The third-order valence-electron chi connectivity index (χ3n) is 1.25. The molecule has 1 heterocycles. The standard InChI is InChI=1S/C9H13NS/c1-7(2)11-9-6-8(3)4-5-10-9/h4-7H,1-3H3. The summed E-state index contributed by atoms with van der Waals surface area (Å²) in [5, 5.41) is 1.74. The summed E-state index contributed by atoms with van der Waals surface area (Å²) in [5.74, 6) is 0. The van der Waals surface area contributed by atoms with Crippen molar-refractivity contribution in [2.24, 2.45) is 0 Å². The van der Waals surface area contributed by atoms with Crippen LogP contribution in [0.25, 0.3) is 0 Å². The first-order valence-electron chi connectivity index (χ1n) is 3.78. The average Bonchev–Trinajstić information content (AvgIpc) is 1.85. The van der Waals surface area contributed by atoms with Gasteiger partial charge in [0, 0.05) is 11.4 Å². The monoisotopic (exact) mass is 167 g/mol. The maximum absolute atomic E-state index is 4.24. The van der Waals surface area contributed by atoms with Gasteiger partial charge in [-0.2, -0.15) is 0 Å². The molecule has 0 aliphatic carbocycles. The van der Waals surface area contributed by atoms with Gasteiger partial charge in [0.15, 0.2) is 0 Å². The Bertz CT molecular complexity index is 233. The van der Waals surface area contributed by atoms with Gasteiger partial charge in [0.05, 0.1) is 5.03 Å². The Morgan fingerprint density at radius 3 is 2.73 bits per heavy atom. The van der Waals surface area contributed by atoms with E-state index < -0.39 is 0 Å². The SMILES string of the molecule is Cc1ccnc(SC(C)C)c1. The Balaban J connectivity index is 2.71. The van der Waals surface area contributed by atoms with Crippen molar-refractivity contribution in [1.82, 2.24) is 4.98 Å². The molecule has 0 unspecified atom stereocenters. The first kappa shape index (κ1) is 8.60. The van der Waals surface area contributed by atoms with Crippen LogP contribution >= 0.6 is 11.8 Å². The molecule has 11 heavy (non-hydrogen) atoms. The second kappa shape index (κ2) is 3.77. The number of hydrogen-bond donors (Lipinski definition) is 0. The summed E-state index contributed by atoms with van der Waals surface area (Å²) in [6.45, 7) is 6.44. The molecule has 0 N–H and O–H groups in total. The van der Waals surface area contributed by atoms with Crippen molar-refractivity contribution >= 4 is 11.8 Å². The quantitative estimate of drug-likeness (QED) is 0.628. The molecule has 0 fully saturated rings. The Morgan fingerprint density at radius 1 is 1.45 bits per heavy atom. The smallest absolute Gasteiger partial charge is 0.0964 e. The molecule has 0 spiro atoms. The summed E-state index contributed by atoms with van der Waals surface area (Å²) in [6, 6.07) is 4.13. The van der Waals surface area contributed by atoms with Crippen molar-refractivity contribution in [3.05, 3.63) is 23.9 Å². The molecule has 0 aliphatic heterocycles. The van der Waals surface area contributed by atoms with E-state index >= 15 is 0 Å². The molecule has 0 saturated carbocycles. The van der Waals surface area contributed by atoms with Crippen molar-refractivity contribution in [3.63, 3.8) is 0 Å². The first-order chi connectivity index (χ1) is 5.18. The van der Waals surface area contributed by atoms with Gasteiger partial charge in [0.1, 0.15) is 0 Å². The zero-order chi connectivity index (χ0) is 8.27. The van der Waals surface area contributed by atoms with Crippen molar-refractivity contribution in [2.75, 3.05) is 0 Å². The number of thioether (sulfide) groups is 1. The van der Waals surface area contributed by atoms with Crippen LogP contribution in [0, 0.1) is 6.92 Å². The van der Waals surface area contributed by atoms with Crippen molar-refractivity contribution in [1.29, 1.82) is 0 Å². The maximum Gasteiger partial charge on any atom is 0.0964 e. The lowest BCUT2D eigenvalue weighted by atomic mass is 10.3. The van der Waals surface area contributed by atoms with Crippen LogP contribution in [0.15, 0.2) is 23.4 Å². The summed E-state index contributed by atoms with van der Waals surface area (Å²) < 4.78 is 0. The molecule has 60 valence electrons. The van der Waals surface area contributed by atoms with Crippen LogP contribution in [0.1, 0.15) is 19.4 Å². The molecule has 0 radical (unpaired) electrons. The summed E-state index contributed by atoms with van der Waals surface area (Å²) in [7, 11) is 0. The average molecular weight is 167 g/mol. The Hall–Kier alpha value is -0.500. The van der Waals surface area contributed by atoms with Crippen LogP contribution in [0.4, 0.5) is 0 Å². The van der Waals surface area contributed by atoms with Gasteiger partial charge in [0.25, 0.3) is 0 Å². The number of hydrogen-bond acceptors (Lipinski definition) is 2. The molecular formula is C9H13NS. The van der Waals surface area contributed by atoms with Crippen molar-refractivity contribution < 1.29 is 0 Å². The van der Waals surface area contributed by atoms with E-state index in [0.29, 0.717) is 5.25 Å². The predicted octanol–water partition coefficient (Wildman–Crippen LogP) is 2.89. The van der Waals surface area contributed by atoms with Crippen LogP contribution in [0.3, 0.4) is 0 Å².